The van der Waals surface area contributed by atoms with E-state index in [-0.39, 0.29) is 17.5 Å². The molecule has 0 spiro atoms. The Labute approximate surface area is 159 Å². The molecular weight excluding hydrogens is 389 g/mol. The summed E-state index contributed by atoms with van der Waals surface area (Å²) in [6.07, 6.45) is 2.69. The molecule has 1 aromatic carbocycles. The van der Waals surface area contributed by atoms with Gasteiger partial charge in [-0.15, -0.1) is 0 Å². The molecule has 2 aromatic heterocycles. The highest BCUT2D eigenvalue weighted by molar-refractivity contribution is 7.86. The molecule has 0 aliphatic heterocycles. The van der Waals surface area contributed by atoms with Gasteiger partial charge in [0.05, 0.1) is 11.1 Å². The lowest BCUT2D eigenvalue weighted by atomic mass is 9.92. The number of carbonyl (C=O) groups excluding carboxylic acids is 2. The van der Waals surface area contributed by atoms with E-state index in [9.17, 15) is 22.6 Å². The molecule has 0 radical (unpaired) electrons. The number of rotatable bonds is 6. The summed E-state index contributed by atoms with van der Waals surface area (Å²) in [6.45, 7) is 1.46. The number of pyridine rings is 1. The smallest absolute Gasteiger partial charge is 0.272 e. The fourth-order valence-electron chi connectivity index (χ4n) is 3.15. The van der Waals surface area contributed by atoms with Gasteiger partial charge in [0.2, 0.25) is 0 Å². The SMILES string of the molecule is CCC(c1ccc(C(N)=O)c(F)c1C(=O)c1c[nH]c2ncccc12)S(=O)(=O)O. The van der Waals surface area contributed by atoms with Gasteiger partial charge in [0.15, 0.2) is 5.78 Å². The van der Waals surface area contributed by atoms with Gasteiger partial charge in [0.25, 0.3) is 16.0 Å². The van der Waals surface area contributed by atoms with E-state index in [2.05, 4.69) is 9.97 Å². The molecule has 10 heteroatoms. The van der Waals surface area contributed by atoms with Crippen molar-refractivity contribution >= 4 is 32.8 Å². The van der Waals surface area contributed by atoms with Gasteiger partial charge in [0, 0.05) is 23.3 Å². The summed E-state index contributed by atoms with van der Waals surface area (Å²) in [4.78, 5) is 31.5. The van der Waals surface area contributed by atoms with Gasteiger partial charge in [-0.25, -0.2) is 9.37 Å². The number of halogens is 1. The number of hydrogen-bond acceptors (Lipinski definition) is 5. The second-order valence-electron chi connectivity index (χ2n) is 6.10. The lowest BCUT2D eigenvalue weighted by Crippen LogP contribution is -2.21. The van der Waals surface area contributed by atoms with Crippen LogP contribution in [0.4, 0.5) is 4.39 Å². The third-order valence-corrected chi connectivity index (χ3v) is 5.75. The summed E-state index contributed by atoms with van der Waals surface area (Å²) in [5.41, 5.74) is 4.13. The molecule has 0 fully saturated rings. The molecule has 28 heavy (non-hydrogen) atoms. The van der Waals surface area contributed by atoms with Crippen LogP contribution in [0.25, 0.3) is 11.0 Å². The van der Waals surface area contributed by atoms with E-state index >= 15 is 4.39 Å². The van der Waals surface area contributed by atoms with Gasteiger partial charge in [-0.2, -0.15) is 8.42 Å². The third-order valence-electron chi connectivity index (χ3n) is 4.44. The molecule has 1 atom stereocenters. The highest BCUT2D eigenvalue weighted by Gasteiger charge is 2.32. The molecule has 1 amide bonds. The monoisotopic (exact) mass is 405 g/mol. The zero-order valence-corrected chi connectivity index (χ0v) is 15.5. The largest absolute Gasteiger partial charge is 0.366 e. The number of nitrogens with two attached hydrogens (primary N) is 1. The zero-order valence-electron chi connectivity index (χ0n) is 14.6. The lowest BCUT2D eigenvalue weighted by Gasteiger charge is -2.17. The summed E-state index contributed by atoms with van der Waals surface area (Å²) in [5.74, 6) is -3.22. The molecule has 0 saturated carbocycles. The number of aromatic amines is 1. The second kappa shape index (κ2) is 7.13. The second-order valence-corrected chi connectivity index (χ2v) is 7.70. The van der Waals surface area contributed by atoms with Crippen molar-refractivity contribution in [2.24, 2.45) is 5.73 Å². The molecule has 0 saturated heterocycles. The average molecular weight is 405 g/mol. The van der Waals surface area contributed by atoms with E-state index in [4.69, 9.17) is 5.73 Å². The number of nitrogens with one attached hydrogen (secondary N) is 1. The summed E-state index contributed by atoms with van der Waals surface area (Å²) in [6, 6.07) is 5.28. The summed E-state index contributed by atoms with van der Waals surface area (Å²) in [5, 5.41) is -1.16. The third kappa shape index (κ3) is 3.27. The van der Waals surface area contributed by atoms with Crippen molar-refractivity contribution in [1.82, 2.24) is 9.97 Å². The number of H-pyrrole nitrogens is 1. The van der Waals surface area contributed by atoms with Crippen molar-refractivity contribution in [3.05, 3.63) is 64.7 Å². The van der Waals surface area contributed by atoms with Crippen LogP contribution in [-0.4, -0.2) is 34.6 Å². The number of nitrogens with zero attached hydrogens (tertiary/aromatic N) is 1. The summed E-state index contributed by atoms with van der Waals surface area (Å²) in [7, 11) is -4.64. The Kier molecular flexibility index (Phi) is 5.01. The van der Waals surface area contributed by atoms with Crippen LogP contribution in [0.2, 0.25) is 0 Å². The maximum absolute atomic E-state index is 15.1. The molecule has 8 nitrogen and oxygen atoms in total. The zero-order chi connectivity index (χ0) is 20.6. The van der Waals surface area contributed by atoms with Crippen molar-refractivity contribution in [2.75, 3.05) is 0 Å². The van der Waals surface area contributed by atoms with E-state index in [0.717, 1.165) is 12.1 Å². The quantitative estimate of drug-likeness (QED) is 0.424. The molecule has 3 rings (SSSR count). The van der Waals surface area contributed by atoms with Crippen LogP contribution >= 0.6 is 0 Å². The summed E-state index contributed by atoms with van der Waals surface area (Å²) >= 11 is 0. The highest BCUT2D eigenvalue weighted by atomic mass is 32.2. The number of primary amides is 1. The van der Waals surface area contributed by atoms with Crippen molar-refractivity contribution in [3.63, 3.8) is 0 Å². The number of fused-ring (bicyclic) bond motifs is 1. The first-order valence-corrected chi connectivity index (χ1v) is 9.72. The molecule has 146 valence electrons. The van der Waals surface area contributed by atoms with Crippen LogP contribution in [0, 0.1) is 5.82 Å². The van der Waals surface area contributed by atoms with Crippen molar-refractivity contribution < 1.29 is 27.0 Å². The molecule has 0 aliphatic rings. The van der Waals surface area contributed by atoms with Gasteiger partial charge >= 0.3 is 0 Å². The van der Waals surface area contributed by atoms with E-state index in [1.165, 1.54) is 19.3 Å². The van der Waals surface area contributed by atoms with Crippen molar-refractivity contribution in [3.8, 4) is 0 Å². The average Bonchev–Trinajstić information content (AvgIpc) is 3.04. The maximum Gasteiger partial charge on any atom is 0.272 e. The Hall–Kier alpha value is -3.11. The molecular formula is C18H16FN3O5S. The minimum atomic E-state index is -4.64. The van der Waals surface area contributed by atoms with Gasteiger partial charge < -0.3 is 10.7 Å². The Balaban J connectivity index is 2.32. The lowest BCUT2D eigenvalue weighted by molar-refractivity contribution is 0.0996. The van der Waals surface area contributed by atoms with Crippen molar-refractivity contribution in [2.45, 2.75) is 18.6 Å². The maximum atomic E-state index is 15.1. The highest BCUT2D eigenvalue weighted by Crippen LogP contribution is 2.33. The van der Waals surface area contributed by atoms with E-state index < -0.39 is 44.0 Å². The van der Waals surface area contributed by atoms with Crippen LogP contribution in [-0.2, 0) is 10.1 Å². The molecule has 1 unspecified atom stereocenters. The van der Waals surface area contributed by atoms with Gasteiger partial charge in [0.1, 0.15) is 16.7 Å². The Morgan fingerprint density at radius 3 is 2.61 bits per heavy atom. The Morgan fingerprint density at radius 1 is 1.29 bits per heavy atom. The van der Waals surface area contributed by atoms with Crippen LogP contribution in [0.3, 0.4) is 0 Å². The van der Waals surface area contributed by atoms with Gasteiger partial charge in [-0.3, -0.25) is 14.1 Å². The summed E-state index contributed by atoms with van der Waals surface area (Å²) < 4.78 is 48.2. The van der Waals surface area contributed by atoms with Gasteiger partial charge in [-0.1, -0.05) is 13.0 Å². The molecule has 2 heterocycles. The standard InChI is InChI=1S/C18H16FN3O5S/c1-2-13(28(25,26)27)10-5-6-11(17(20)24)15(19)14(10)16(23)12-8-22-18-9(12)4-3-7-21-18/h3-8,13H,2H2,1H3,(H2,20,24)(H,21,22)(H,25,26,27). The fourth-order valence-corrected chi connectivity index (χ4v) is 4.09. The van der Waals surface area contributed by atoms with E-state index in [0.29, 0.717) is 11.0 Å². The number of ketones is 1. The first-order valence-electron chi connectivity index (χ1n) is 8.22. The topological polar surface area (TPSA) is 143 Å². The van der Waals surface area contributed by atoms with Crippen LogP contribution in [0.5, 0.6) is 0 Å². The number of benzene rings is 1. The first kappa shape index (κ1) is 19.6. The molecule has 3 aromatic rings. The predicted octanol–water partition coefficient (Wildman–Crippen LogP) is 2.37. The molecule has 4 N–H and O–H groups in total. The van der Waals surface area contributed by atoms with Gasteiger partial charge in [-0.05, 0) is 30.2 Å². The Morgan fingerprint density at radius 2 is 2.00 bits per heavy atom. The van der Waals surface area contributed by atoms with E-state index in [1.54, 1.807) is 12.1 Å². The van der Waals surface area contributed by atoms with Crippen molar-refractivity contribution in [1.29, 1.82) is 0 Å². The van der Waals surface area contributed by atoms with E-state index in [1.807, 2.05) is 0 Å². The van der Waals surface area contributed by atoms with Crippen LogP contribution in [0.15, 0.2) is 36.7 Å². The fraction of sp³-hybridized carbons (Fsp3) is 0.167. The number of aromatic nitrogens is 2. The predicted molar refractivity (Wildman–Crippen MR) is 99.0 cm³/mol. The molecule has 0 bridgehead atoms. The number of amides is 1. The molecule has 0 aliphatic carbocycles. The normalized spacial score (nSPS) is 12.8. The van der Waals surface area contributed by atoms with Crippen LogP contribution < -0.4 is 5.73 Å². The number of hydrogen-bond donors (Lipinski definition) is 3. The Bertz CT molecular complexity index is 1200. The number of carbonyl (C=O) groups is 2. The minimum Gasteiger partial charge on any atom is -0.366 e. The first-order chi connectivity index (χ1) is 13.2. The van der Waals surface area contributed by atoms with Crippen LogP contribution in [0.1, 0.15) is 50.4 Å². The minimum absolute atomic E-state index is 0.0371.